The topological polar surface area (TPSA) is 107 Å². The third-order valence-electron chi connectivity index (χ3n) is 4.64. The van der Waals surface area contributed by atoms with Gasteiger partial charge in [0.1, 0.15) is 6.10 Å². The smallest absolute Gasteiger partial charge is 0.208 e. The van der Waals surface area contributed by atoms with E-state index in [1.165, 1.54) is 34.5 Å². The van der Waals surface area contributed by atoms with Gasteiger partial charge in [0.05, 0.1) is 21.3 Å². The van der Waals surface area contributed by atoms with Crippen molar-refractivity contribution in [1.29, 1.82) is 0 Å². The van der Waals surface area contributed by atoms with Crippen molar-refractivity contribution in [3.8, 4) is 40.2 Å². The number of ether oxygens (including phenoxy) is 5. The summed E-state index contributed by atoms with van der Waals surface area (Å²) in [6, 6.07) is 4.84. The first-order chi connectivity index (χ1) is 13.0. The van der Waals surface area contributed by atoms with E-state index in [2.05, 4.69) is 0 Å². The van der Waals surface area contributed by atoms with Crippen molar-refractivity contribution in [2.24, 2.45) is 0 Å². The van der Waals surface area contributed by atoms with Crippen molar-refractivity contribution in [1.82, 2.24) is 0 Å². The first-order valence-corrected chi connectivity index (χ1v) is 8.21. The number of phenols is 3. The number of aromatic hydroxyl groups is 3. The molecule has 2 unspecified atom stereocenters. The second kappa shape index (κ2) is 7.32. The molecule has 0 aromatic heterocycles. The Morgan fingerprint density at radius 2 is 1.63 bits per heavy atom. The number of benzene rings is 2. The molecule has 8 nitrogen and oxygen atoms in total. The van der Waals surface area contributed by atoms with E-state index in [-0.39, 0.29) is 34.5 Å². The number of methoxy groups -OCH3 is 4. The number of rotatable bonds is 5. The molecule has 2 aromatic carbocycles. The lowest BCUT2D eigenvalue weighted by Gasteiger charge is -2.34. The summed E-state index contributed by atoms with van der Waals surface area (Å²) in [6.07, 6.45) is -0.742. The van der Waals surface area contributed by atoms with Crippen molar-refractivity contribution in [3.05, 3.63) is 29.3 Å². The van der Waals surface area contributed by atoms with E-state index >= 15 is 0 Å². The molecule has 8 heteroatoms. The predicted molar refractivity (Wildman–Crippen MR) is 95.4 cm³/mol. The third-order valence-corrected chi connectivity index (χ3v) is 4.64. The van der Waals surface area contributed by atoms with Gasteiger partial charge in [-0.05, 0) is 17.7 Å². The van der Waals surface area contributed by atoms with Crippen LogP contribution in [0.25, 0.3) is 0 Å². The van der Waals surface area contributed by atoms with Crippen LogP contribution in [0.3, 0.4) is 0 Å². The van der Waals surface area contributed by atoms with Gasteiger partial charge in [-0.2, -0.15) is 0 Å². The van der Waals surface area contributed by atoms with Crippen molar-refractivity contribution in [2.75, 3.05) is 28.4 Å². The molecule has 0 saturated carbocycles. The molecule has 1 aliphatic rings. The van der Waals surface area contributed by atoms with Gasteiger partial charge in [0.25, 0.3) is 0 Å². The molecule has 0 fully saturated rings. The Morgan fingerprint density at radius 1 is 0.926 bits per heavy atom. The molecule has 0 aliphatic carbocycles. The van der Waals surface area contributed by atoms with Gasteiger partial charge in [-0.25, -0.2) is 0 Å². The highest BCUT2D eigenvalue weighted by molar-refractivity contribution is 5.70. The molecule has 2 atom stereocenters. The molecule has 0 bridgehead atoms. The maximum atomic E-state index is 10.5. The molecule has 0 saturated heterocycles. The monoisotopic (exact) mass is 378 g/mol. The number of hydrogen-bond acceptors (Lipinski definition) is 8. The molecule has 1 heterocycles. The lowest BCUT2D eigenvalue weighted by atomic mass is 9.93. The van der Waals surface area contributed by atoms with Gasteiger partial charge in [0, 0.05) is 19.1 Å². The van der Waals surface area contributed by atoms with E-state index < -0.39 is 12.2 Å². The van der Waals surface area contributed by atoms with Crippen LogP contribution in [0.4, 0.5) is 0 Å². The zero-order valence-corrected chi connectivity index (χ0v) is 15.5. The van der Waals surface area contributed by atoms with Gasteiger partial charge in [0.15, 0.2) is 29.1 Å². The Hall–Kier alpha value is -3.00. The van der Waals surface area contributed by atoms with Crippen LogP contribution in [0.15, 0.2) is 18.2 Å². The minimum absolute atomic E-state index is 0.00373. The fourth-order valence-corrected chi connectivity index (χ4v) is 3.27. The molecule has 3 N–H and O–H groups in total. The quantitative estimate of drug-likeness (QED) is 0.729. The van der Waals surface area contributed by atoms with Crippen molar-refractivity contribution >= 4 is 0 Å². The second-order valence-electron chi connectivity index (χ2n) is 6.02. The highest BCUT2D eigenvalue weighted by Crippen LogP contribution is 2.56. The maximum Gasteiger partial charge on any atom is 0.208 e. The Bertz CT molecular complexity index is 848. The molecule has 1 aliphatic heterocycles. The van der Waals surface area contributed by atoms with Gasteiger partial charge in [-0.15, -0.1) is 0 Å². The number of hydrogen-bond donors (Lipinski definition) is 3. The fourth-order valence-electron chi connectivity index (χ4n) is 3.27. The normalized spacial score (nSPS) is 18.4. The molecule has 0 amide bonds. The maximum absolute atomic E-state index is 10.5. The second-order valence-corrected chi connectivity index (χ2v) is 6.02. The first kappa shape index (κ1) is 18.8. The van der Waals surface area contributed by atoms with E-state index in [1.54, 1.807) is 12.1 Å². The zero-order chi connectivity index (χ0) is 19.7. The molecular weight excluding hydrogens is 356 g/mol. The van der Waals surface area contributed by atoms with Gasteiger partial charge < -0.3 is 39.0 Å². The molecule has 0 radical (unpaired) electrons. The Balaban J connectivity index is 2.13. The Kier molecular flexibility index (Phi) is 5.09. The average Bonchev–Trinajstić information content (AvgIpc) is 2.68. The molecule has 3 rings (SSSR count). The van der Waals surface area contributed by atoms with E-state index in [9.17, 15) is 15.3 Å². The van der Waals surface area contributed by atoms with E-state index in [1.807, 2.05) is 0 Å². The van der Waals surface area contributed by atoms with Crippen LogP contribution in [0.2, 0.25) is 0 Å². The van der Waals surface area contributed by atoms with Crippen LogP contribution in [0.1, 0.15) is 17.2 Å². The minimum atomic E-state index is -0.585. The Morgan fingerprint density at radius 3 is 2.22 bits per heavy atom. The van der Waals surface area contributed by atoms with E-state index in [0.717, 1.165) is 0 Å². The molecule has 0 spiro atoms. The van der Waals surface area contributed by atoms with Crippen LogP contribution in [0, 0.1) is 0 Å². The summed E-state index contributed by atoms with van der Waals surface area (Å²) < 4.78 is 27.2. The summed E-state index contributed by atoms with van der Waals surface area (Å²) in [6.45, 7) is 0. The van der Waals surface area contributed by atoms with Crippen molar-refractivity contribution in [3.63, 3.8) is 0 Å². The summed E-state index contributed by atoms with van der Waals surface area (Å²) in [4.78, 5) is 0. The van der Waals surface area contributed by atoms with Gasteiger partial charge in [0.2, 0.25) is 17.2 Å². The highest BCUT2D eigenvalue weighted by Gasteiger charge is 2.38. The third kappa shape index (κ3) is 3.02. The van der Waals surface area contributed by atoms with Gasteiger partial charge in [-0.1, -0.05) is 6.07 Å². The molecular formula is C19H22O8. The SMILES string of the molecule is COc1cc(C2Oc3c(c(O)c(OC)c(O)c3OC)CC2OC)ccc1O. The standard InChI is InChI=1S/C19H22O8/c1-23-12-7-9(5-6-11(12)20)16-13(24-2)8-10-14(21)18(25-3)15(22)19(26-4)17(10)27-16/h5-7,13,16,20-22H,8H2,1-4H3. The molecule has 2 aromatic rings. The summed E-state index contributed by atoms with van der Waals surface area (Å²) >= 11 is 0. The fraction of sp³-hybridized carbons (Fsp3) is 0.368. The predicted octanol–water partition coefficient (Wildman–Crippen LogP) is 2.52. The van der Waals surface area contributed by atoms with Gasteiger partial charge >= 0.3 is 0 Å². The summed E-state index contributed by atoms with van der Waals surface area (Å²) in [5.74, 6) is -0.102. The number of fused-ring (bicyclic) bond motifs is 1. The van der Waals surface area contributed by atoms with Gasteiger partial charge in [-0.3, -0.25) is 0 Å². The lowest BCUT2D eigenvalue weighted by Crippen LogP contribution is -2.32. The zero-order valence-electron chi connectivity index (χ0n) is 15.5. The van der Waals surface area contributed by atoms with E-state index in [4.69, 9.17) is 23.7 Å². The first-order valence-electron chi connectivity index (χ1n) is 8.21. The highest BCUT2D eigenvalue weighted by atomic mass is 16.6. The van der Waals surface area contributed by atoms with Crippen LogP contribution in [0.5, 0.6) is 40.2 Å². The minimum Gasteiger partial charge on any atom is -0.504 e. The van der Waals surface area contributed by atoms with Crippen molar-refractivity contribution < 1.29 is 39.0 Å². The summed E-state index contributed by atoms with van der Waals surface area (Å²) in [7, 11) is 5.71. The van der Waals surface area contributed by atoms with Crippen LogP contribution in [-0.2, 0) is 11.2 Å². The van der Waals surface area contributed by atoms with Crippen LogP contribution in [-0.4, -0.2) is 49.9 Å². The van der Waals surface area contributed by atoms with Crippen molar-refractivity contribution in [2.45, 2.75) is 18.6 Å². The van der Waals surface area contributed by atoms with Crippen LogP contribution >= 0.6 is 0 Å². The number of phenolic OH excluding ortho intramolecular Hbond substituents is 3. The van der Waals surface area contributed by atoms with E-state index in [0.29, 0.717) is 23.3 Å². The van der Waals surface area contributed by atoms with Crippen LogP contribution < -0.4 is 18.9 Å². The molecule has 27 heavy (non-hydrogen) atoms. The summed E-state index contributed by atoms with van der Waals surface area (Å²) in [5, 5.41) is 30.7. The largest absolute Gasteiger partial charge is 0.504 e. The summed E-state index contributed by atoms with van der Waals surface area (Å²) in [5.41, 5.74) is 1.11. The lowest BCUT2D eigenvalue weighted by molar-refractivity contribution is -0.0137. The average molecular weight is 378 g/mol. The molecule has 146 valence electrons. The Labute approximate surface area is 156 Å².